The Hall–Kier alpha value is -2.30. The van der Waals surface area contributed by atoms with Crippen molar-refractivity contribution in [2.24, 2.45) is 0 Å². The van der Waals surface area contributed by atoms with Crippen molar-refractivity contribution < 1.29 is 9.84 Å². The van der Waals surface area contributed by atoms with Crippen LogP contribution < -0.4 is 4.90 Å². The number of fused-ring (bicyclic) bond motifs is 1. The molecule has 0 unspecified atom stereocenters. The van der Waals surface area contributed by atoms with Crippen molar-refractivity contribution in [2.75, 3.05) is 57.8 Å². The molecule has 1 aromatic carbocycles. The Morgan fingerprint density at radius 3 is 2.59 bits per heavy atom. The van der Waals surface area contributed by atoms with E-state index in [4.69, 9.17) is 16.3 Å². The third kappa shape index (κ3) is 4.44. The van der Waals surface area contributed by atoms with Crippen LogP contribution >= 0.6 is 11.6 Å². The fraction of sp³-hybridized carbons (Fsp3) is 0.500. The molecule has 2 aromatic heterocycles. The molecular weight excluding hydrogens is 430 g/mol. The maximum atomic E-state index is 9.85. The maximum absolute atomic E-state index is 9.85. The molecule has 0 aliphatic carbocycles. The third-order valence-electron chi connectivity index (χ3n) is 6.20. The van der Waals surface area contributed by atoms with E-state index in [1.807, 2.05) is 28.8 Å². The van der Waals surface area contributed by atoms with E-state index < -0.39 is 0 Å². The van der Waals surface area contributed by atoms with Crippen molar-refractivity contribution >= 4 is 28.6 Å². The van der Waals surface area contributed by atoms with Gasteiger partial charge in [0.1, 0.15) is 12.6 Å². The number of ether oxygens (including phenoxy) is 1. The SMILES string of the molecule is CN1CCN(c2ncnc3c2ncn3[C@H]2CN(Cc3ccc(Cl)cc3)C[C@@H](CO)O2)CC1. The summed E-state index contributed by atoms with van der Waals surface area (Å²) in [6, 6.07) is 7.86. The Kier molecular flexibility index (Phi) is 6.25. The number of benzene rings is 1. The molecule has 3 aromatic rings. The standard InChI is InChI=1S/C22H28ClN7O2/c1-27-6-8-29(9-7-27)21-20-22(25-14-24-21)30(15-26-20)19-12-28(11-18(13-31)32-19)10-16-2-4-17(23)5-3-16/h2-5,14-15,18-19,31H,6-13H2,1H3/t18-,19+/m0/s1. The number of nitrogens with zero attached hydrogens (tertiary/aromatic N) is 7. The van der Waals surface area contributed by atoms with Crippen molar-refractivity contribution in [2.45, 2.75) is 18.9 Å². The fourth-order valence-electron chi connectivity index (χ4n) is 4.42. The van der Waals surface area contributed by atoms with Gasteiger partial charge >= 0.3 is 0 Å². The number of aliphatic hydroxyl groups excluding tert-OH is 1. The summed E-state index contributed by atoms with van der Waals surface area (Å²) in [7, 11) is 2.13. The van der Waals surface area contributed by atoms with Gasteiger partial charge in [0.15, 0.2) is 17.0 Å². The number of imidazole rings is 1. The molecule has 4 heterocycles. The maximum Gasteiger partial charge on any atom is 0.167 e. The van der Waals surface area contributed by atoms with Crippen molar-refractivity contribution in [3.05, 3.63) is 47.5 Å². The van der Waals surface area contributed by atoms with E-state index in [-0.39, 0.29) is 18.9 Å². The molecule has 2 saturated heterocycles. The predicted octanol–water partition coefficient (Wildman–Crippen LogP) is 1.62. The van der Waals surface area contributed by atoms with Crippen LogP contribution in [0.25, 0.3) is 11.2 Å². The molecule has 0 bridgehead atoms. The van der Waals surface area contributed by atoms with E-state index in [9.17, 15) is 5.11 Å². The Bertz CT molecular complexity index is 1050. The van der Waals surface area contributed by atoms with Gasteiger partial charge < -0.3 is 19.6 Å². The third-order valence-corrected chi connectivity index (χ3v) is 6.45. The first-order valence-corrected chi connectivity index (χ1v) is 11.3. The highest BCUT2D eigenvalue weighted by atomic mass is 35.5. The van der Waals surface area contributed by atoms with Gasteiger partial charge in [-0.1, -0.05) is 23.7 Å². The lowest BCUT2D eigenvalue weighted by molar-refractivity contribution is -0.135. The van der Waals surface area contributed by atoms with Gasteiger partial charge in [-0.3, -0.25) is 9.47 Å². The number of halogens is 1. The molecule has 0 spiro atoms. The lowest BCUT2D eigenvalue weighted by Gasteiger charge is -2.38. The van der Waals surface area contributed by atoms with Crippen LogP contribution in [0.15, 0.2) is 36.9 Å². The van der Waals surface area contributed by atoms with Crippen LogP contribution in [-0.4, -0.2) is 93.5 Å². The summed E-state index contributed by atoms with van der Waals surface area (Å²) in [5.74, 6) is 0.870. The monoisotopic (exact) mass is 457 g/mol. The van der Waals surface area contributed by atoms with Gasteiger partial charge in [-0.2, -0.15) is 0 Å². The summed E-state index contributed by atoms with van der Waals surface area (Å²) in [5, 5.41) is 10.6. The Labute approximate surface area is 192 Å². The zero-order chi connectivity index (χ0) is 22.1. The molecule has 2 aliphatic rings. The van der Waals surface area contributed by atoms with Crippen molar-refractivity contribution in [1.29, 1.82) is 0 Å². The van der Waals surface area contributed by atoms with E-state index in [0.717, 1.165) is 54.7 Å². The van der Waals surface area contributed by atoms with E-state index in [1.165, 1.54) is 5.56 Å². The number of anilines is 1. The van der Waals surface area contributed by atoms with Crippen LogP contribution in [0.1, 0.15) is 11.8 Å². The van der Waals surface area contributed by atoms with Crippen LogP contribution in [0.4, 0.5) is 5.82 Å². The van der Waals surface area contributed by atoms with Crippen LogP contribution in [0.3, 0.4) is 0 Å². The minimum atomic E-state index is -0.298. The molecule has 2 fully saturated rings. The first kappa shape index (κ1) is 21.5. The first-order valence-electron chi connectivity index (χ1n) is 10.9. The van der Waals surface area contributed by atoms with E-state index in [1.54, 1.807) is 12.7 Å². The molecule has 0 radical (unpaired) electrons. The Balaban J connectivity index is 1.39. The van der Waals surface area contributed by atoms with Gasteiger partial charge in [-0.05, 0) is 24.7 Å². The van der Waals surface area contributed by atoms with Crippen LogP contribution in [0.2, 0.25) is 5.02 Å². The average molecular weight is 458 g/mol. The molecule has 10 heteroatoms. The quantitative estimate of drug-likeness (QED) is 0.619. The van der Waals surface area contributed by atoms with E-state index >= 15 is 0 Å². The molecule has 2 atom stereocenters. The van der Waals surface area contributed by atoms with Gasteiger partial charge in [0.25, 0.3) is 0 Å². The number of aliphatic hydroxyl groups is 1. The number of likely N-dealkylation sites (N-methyl/N-ethyl adjacent to an activating group) is 1. The highest BCUT2D eigenvalue weighted by Gasteiger charge is 2.30. The topological polar surface area (TPSA) is 82.8 Å². The summed E-state index contributed by atoms with van der Waals surface area (Å²) < 4.78 is 8.17. The summed E-state index contributed by atoms with van der Waals surface area (Å²) in [6.45, 7) is 5.85. The van der Waals surface area contributed by atoms with Gasteiger partial charge in [-0.15, -0.1) is 0 Å². The Morgan fingerprint density at radius 2 is 1.84 bits per heavy atom. The fourth-order valence-corrected chi connectivity index (χ4v) is 4.55. The second-order valence-electron chi connectivity index (χ2n) is 8.53. The zero-order valence-electron chi connectivity index (χ0n) is 18.1. The highest BCUT2D eigenvalue weighted by Crippen LogP contribution is 2.28. The number of rotatable bonds is 5. The predicted molar refractivity (Wildman–Crippen MR) is 123 cm³/mol. The zero-order valence-corrected chi connectivity index (χ0v) is 18.9. The Morgan fingerprint density at radius 1 is 1.06 bits per heavy atom. The number of hydrogen-bond acceptors (Lipinski definition) is 8. The smallest absolute Gasteiger partial charge is 0.167 e. The average Bonchev–Trinajstić information content (AvgIpc) is 3.25. The molecule has 0 amide bonds. The number of hydrogen-bond donors (Lipinski definition) is 1. The first-order chi connectivity index (χ1) is 15.6. The lowest BCUT2D eigenvalue weighted by atomic mass is 10.2. The van der Waals surface area contributed by atoms with Gasteiger partial charge in [0.2, 0.25) is 0 Å². The summed E-state index contributed by atoms with van der Waals surface area (Å²) in [5.41, 5.74) is 2.71. The molecule has 170 valence electrons. The van der Waals surface area contributed by atoms with E-state index in [2.05, 4.69) is 36.7 Å². The van der Waals surface area contributed by atoms with Gasteiger partial charge in [0.05, 0.1) is 19.0 Å². The summed E-state index contributed by atoms with van der Waals surface area (Å²) >= 11 is 6.03. The molecule has 1 N–H and O–H groups in total. The summed E-state index contributed by atoms with van der Waals surface area (Å²) in [4.78, 5) is 20.6. The molecule has 32 heavy (non-hydrogen) atoms. The number of aromatic nitrogens is 4. The number of morpholine rings is 1. The normalized spacial score (nSPS) is 23.2. The minimum Gasteiger partial charge on any atom is -0.394 e. The lowest BCUT2D eigenvalue weighted by Crippen LogP contribution is -2.46. The van der Waals surface area contributed by atoms with Crippen LogP contribution in [-0.2, 0) is 11.3 Å². The molecular formula is C22H28ClN7O2. The van der Waals surface area contributed by atoms with Crippen LogP contribution in [0.5, 0.6) is 0 Å². The summed E-state index contributed by atoms with van der Waals surface area (Å²) in [6.07, 6.45) is 2.81. The van der Waals surface area contributed by atoms with Crippen LogP contribution in [0, 0.1) is 0 Å². The van der Waals surface area contributed by atoms with Crippen molar-refractivity contribution in [3.8, 4) is 0 Å². The van der Waals surface area contributed by atoms with E-state index in [0.29, 0.717) is 13.1 Å². The molecule has 0 saturated carbocycles. The highest BCUT2D eigenvalue weighted by molar-refractivity contribution is 6.30. The van der Waals surface area contributed by atoms with Gasteiger partial charge in [0, 0.05) is 50.8 Å². The minimum absolute atomic E-state index is 0.0399. The number of piperazine rings is 1. The molecule has 2 aliphatic heterocycles. The van der Waals surface area contributed by atoms with Gasteiger partial charge in [-0.25, -0.2) is 15.0 Å². The molecule has 9 nitrogen and oxygen atoms in total. The second-order valence-corrected chi connectivity index (χ2v) is 8.96. The molecule has 5 rings (SSSR count). The van der Waals surface area contributed by atoms with Crippen molar-refractivity contribution in [1.82, 2.24) is 29.3 Å². The van der Waals surface area contributed by atoms with Crippen molar-refractivity contribution in [3.63, 3.8) is 0 Å². The second kappa shape index (κ2) is 9.29. The largest absolute Gasteiger partial charge is 0.394 e.